The Balaban J connectivity index is 2.26. The van der Waals surface area contributed by atoms with Crippen LogP contribution in [-0.4, -0.2) is 12.6 Å². The average molecular weight is 178 g/mol. The standard InChI is InChI=1S/C11H14O2/c1-7-3-9-5-11(12)13-6-10(9)4-8(7)2/h3-4,7-8H,5-6H2,1-2H3. The molecule has 0 N–H and O–H groups in total. The van der Waals surface area contributed by atoms with Crippen molar-refractivity contribution in [1.29, 1.82) is 0 Å². The van der Waals surface area contributed by atoms with Gasteiger partial charge < -0.3 is 4.74 Å². The zero-order valence-corrected chi connectivity index (χ0v) is 8.04. The van der Waals surface area contributed by atoms with Gasteiger partial charge in [-0.25, -0.2) is 0 Å². The summed E-state index contributed by atoms with van der Waals surface area (Å²) in [7, 11) is 0. The first-order chi connectivity index (χ1) is 6.16. The number of fused-ring (bicyclic) bond motifs is 1. The number of cyclic esters (lactones) is 1. The molecule has 2 aliphatic rings. The van der Waals surface area contributed by atoms with Crippen LogP contribution in [0.5, 0.6) is 0 Å². The molecular weight excluding hydrogens is 164 g/mol. The van der Waals surface area contributed by atoms with Crippen LogP contribution >= 0.6 is 0 Å². The van der Waals surface area contributed by atoms with Crippen molar-refractivity contribution in [3.8, 4) is 0 Å². The Labute approximate surface area is 78.3 Å². The number of carbonyl (C=O) groups excluding carboxylic acids is 1. The third kappa shape index (κ3) is 1.53. The first-order valence-corrected chi connectivity index (χ1v) is 4.74. The second-order valence-corrected chi connectivity index (χ2v) is 3.94. The van der Waals surface area contributed by atoms with Gasteiger partial charge in [0.05, 0.1) is 6.42 Å². The molecule has 1 aliphatic carbocycles. The molecule has 0 bridgehead atoms. The molecule has 2 unspecified atom stereocenters. The summed E-state index contributed by atoms with van der Waals surface area (Å²) in [4.78, 5) is 11.0. The van der Waals surface area contributed by atoms with E-state index in [9.17, 15) is 4.79 Å². The van der Waals surface area contributed by atoms with Crippen molar-refractivity contribution >= 4 is 5.97 Å². The number of hydrogen-bond donors (Lipinski definition) is 0. The van der Waals surface area contributed by atoms with Crippen LogP contribution in [0, 0.1) is 11.8 Å². The number of hydrogen-bond acceptors (Lipinski definition) is 2. The van der Waals surface area contributed by atoms with Crippen molar-refractivity contribution in [2.45, 2.75) is 20.3 Å². The van der Waals surface area contributed by atoms with Crippen molar-refractivity contribution in [3.05, 3.63) is 23.3 Å². The minimum absolute atomic E-state index is 0.0925. The van der Waals surface area contributed by atoms with Crippen LogP contribution in [0.4, 0.5) is 0 Å². The van der Waals surface area contributed by atoms with Crippen LogP contribution in [0.25, 0.3) is 0 Å². The minimum Gasteiger partial charge on any atom is -0.461 e. The largest absolute Gasteiger partial charge is 0.461 e. The number of esters is 1. The van der Waals surface area contributed by atoms with Crippen molar-refractivity contribution in [2.75, 3.05) is 6.61 Å². The fraction of sp³-hybridized carbons (Fsp3) is 0.545. The molecule has 70 valence electrons. The zero-order chi connectivity index (χ0) is 9.42. The lowest BCUT2D eigenvalue weighted by molar-refractivity contribution is -0.143. The highest BCUT2D eigenvalue weighted by atomic mass is 16.5. The first-order valence-electron chi connectivity index (χ1n) is 4.74. The van der Waals surface area contributed by atoms with E-state index in [1.165, 1.54) is 11.1 Å². The van der Waals surface area contributed by atoms with Crippen LogP contribution in [-0.2, 0) is 9.53 Å². The van der Waals surface area contributed by atoms with Crippen molar-refractivity contribution in [2.24, 2.45) is 11.8 Å². The van der Waals surface area contributed by atoms with Gasteiger partial charge in [-0.3, -0.25) is 4.79 Å². The van der Waals surface area contributed by atoms with Crippen LogP contribution in [0.2, 0.25) is 0 Å². The molecule has 0 aromatic carbocycles. The number of carbonyl (C=O) groups is 1. The summed E-state index contributed by atoms with van der Waals surface area (Å²) in [6, 6.07) is 0. The van der Waals surface area contributed by atoms with Gasteiger partial charge in [-0.1, -0.05) is 26.0 Å². The maximum atomic E-state index is 11.0. The lowest BCUT2D eigenvalue weighted by Crippen LogP contribution is -2.22. The number of rotatable bonds is 0. The van der Waals surface area contributed by atoms with Gasteiger partial charge in [0.1, 0.15) is 6.61 Å². The van der Waals surface area contributed by atoms with Crippen molar-refractivity contribution < 1.29 is 9.53 Å². The van der Waals surface area contributed by atoms with Crippen molar-refractivity contribution in [1.82, 2.24) is 0 Å². The van der Waals surface area contributed by atoms with Gasteiger partial charge in [-0.05, 0) is 23.0 Å². The van der Waals surface area contributed by atoms with Gasteiger partial charge in [0.15, 0.2) is 0 Å². The number of ether oxygens (including phenoxy) is 1. The summed E-state index contributed by atoms with van der Waals surface area (Å²) >= 11 is 0. The van der Waals surface area contributed by atoms with Crippen LogP contribution in [0.1, 0.15) is 20.3 Å². The van der Waals surface area contributed by atoms with E-state index in [4.69, 9.17) is 4.74 Å². The normalized spacial score (nSPS) is 32.9. The summed E-state index contributed by atoms with van der Waals surface area (Å²) in [5.41, 5.74) is 2.40. The Morgan fingerprint density at radius 2 is 1.85 bits per heavy atom. The Kier molecular flexibility index (Phi) is 1.98. The molecule has 1 aliphatic heterocycles. The molecule has 2 rings (SSSR count). The van der Waals surface area contributed by atoms with Crippen LogP contribution in [0.3, 0.4) is 0 Å². The zero-order valence-electron chi connectivity index (χ0n) is 8.04. The molecular formula is C11H14O2. The SMILES string of the molecule is CC1C=C2COC(=O)CC2=CC1C. The molecule has 2 heteroatoms. The molecule has 0 saturated carbocycles. The van der Waals surface area contributed by atoms with Crippen LogP contribution < -0.4 is 0 Å². The van der Waals surface area contributed by atoms with Crippen molar-refractivity contribution in [3.63, 3.8) is 0 Å². The van der Waals surface area contributed by atoms with Gasteiger partial charge in [0.25, 0.3) is 0 Å². The van der Waals surface area contributed by atoms with E-state index in [1.807, 2.05) is 0 Å². The molecule has 1 fully saturated rings. The summed E-state index contributed by atoms with van der Waals surface area (Å²) in [5.74, 6) is 1.02. The average Bonchev–Trinajstić information content (AvgIpc) is 2.08. The number of allylic oxidation sites excluding steroid dienone is 2. The highest BCUT2D eigenvalue weighted by Gasteiger charge is 2.24. The van der Waals surface area contributed by atoms with E-state index in [1.54, 1.807) is 0 Å². The van der Waals surface area contributed by atoms with E-state index in [-0.39, 0.29) is 5.97 Å². The summed E-state index contributed by atoms with van der Waals surface area (Å²) in [5, 5.41) is 0. The molecule has 13 heavy (non-hydrogen) atoms. The Morgan fingerprint density at radius 3 is 2.54 bits per heavy atom. The van der Waals surface area contributed by atoms with E-state index in [0.29, 0.717) is 24.9 Å². The lowest BCUT2D eigenvalue weighted by Gasteiger charge is -2.27. The summed E-state index contributed by atoms with van der Waals surface area (Å²) < 4.78 is 4.98. The Bertz CT molecular complexity index is 299. The van der Waals surface area contributed by atoms with E-state index >= 15 is 0 Å². The molecule has 0 radical (unpaired) electrons. The third-order valence-corrected chi connectivity index (χ3v) is 2.89. The fourth-order valence-corrected chi connectivity index (χ4v) is 1.83. The fourth-order valence-electron chi connectivity index (χ4n) is 1.83. The lowest BCUT2D eigenvalue weighted by atomic mass is 9.83. The smallest absolute Gasteiger partial charge is 0.310 e. The summed E-state index contributed by atoms with van der Waals surface area (Å²) in [6.45, 7) is 4.86. The van der Waals surface area contributed by atoms with E-state index in [2.05, 4.69) is 26.0 Å². The molecule has 0 aromatic heterocycles. The van der Waals surface area contributed by atoms with Crippen LogP contribution in [0.15, 0.2) is 23.3 Å². The molecule has 0 aromatic rings. The highest BCUT2D eigenvalue weighted by Crippen LogP contribution is 2.31. The first kappa shape index (κ1) is 8.54. The molecule has 1 heterocycles. The second-order valence-electron chi connectivity index (χ2n) is 3.94. The van der Waals surface area contributed by atoms with Gasteiger partial charge in [0.2, 0.25) is 0 Å². The molecule has 2 atom stereocenters. The molecule has 0 spiro atoms. The maximum absolute atomic E-state index is 11.0. The van der Waals surface area contributed by atoms with E-state index in [0.717, 1.165) is 0 Å². The molecule has 0 amide bonds. The van der Waals surface area contributed by atoms with Gasteiger partial charge in [0, 0.05) is 0 Å². The van der Waals surface area contributed by atoms with Gasteiger partial charge in [-0.2, -0.15) is 0 Å². The predicted octanol–water partition coefficient (Wildman–Crippen LogP) is 2.07. The molecule has 2 nitrogen and oxygen atoms in total. The topological polar surface area (TPSA) is 26.3 Å². The second kappa shape index (κ2) is 3.02. The van der Waals surface area contributed by atoms with Gasteiger partial charge in [-0.15, -0.1) is 0 Å². The maximum Gasteiger partial charge on any atom is 0.310 e. The minimum atomic E-state index is -0.0925. The summed E-state index contributed by atoms with van der Waals surface area (Å²) in [6.07, 6.45) is 4.90. The quantitative estimate of drug-likeness (QED) is 0.531. The molecule has 1 saturated heterocycles. The van der Waals surface area contributed by atoms with E-state index < -0.39 is 0 Å². The Hall–Kier alpha value is -1.05. The predicted molar refractivity (Wildman–Crippen MR) is 50.1 cm³/mol. The third-order valence-electron chi connectivity index (χ3n) is 2.89. The highest BCUT2D eigenvalue weighted by molar-refractivity contribution is 5.76. The Morgan fingerprint density at radius 1 is 1.23 bits per heavy atom. The van der Waals surface area contributed by atoms with Gasteiger partial charge >= 0.3 is 5.97 Å². The monoisotopic (exact) mass is 178 g/mol.